The maximum Gasteiger partial charge on any atom is 0.284 e. The number of carbonyl (C=O) groups excluding carboxylic acids is 1. The van der Waals surface area contributed by atoms with Gasteiger partial charge in [0.15, 0.2) is 11.5 Å². The Balaban J connectivity index is 1.64. The first kappa shape index (κ1) is 16.4. The number of hydrogen-bond acceptors (Lipinski definition) is 5. The first-order chi connectivity index (χ1) is 11.5. The van der Waals surface area contributed by atoms with Crippen LogP contribution < -0.4 is 14.9 Å². The van der Waals surface area contributed by atoms with Gasteiger partial charge in [-0.25, -0.2) is 5.43 Å². The quantitative estimate of drug-likeness (QED) is 0.646. The van der Waals surface area contributed by atoms with Crippen LogP contribution >= 0.6 is 23.2 Å². The fourth-order valence-corrected chi connectivity index (χ4v) is 2.58. The number of hydrogen-bond donors (Lipinski definition) is 2. The number of para-hydroxylation sites is 2. The monoisotopic (exact) mass is 366 g/mol. The van der Waals surface area contributed by atoms with Crippen LogP contribution in [0.15, 0.2) is 41.5 Å². The Labute approximate surface area is 147 Å². The number of phenols is 1. The topological polar surface area (TPSA) is 80.2 Å². The van der Waals surface area contributed by atoms with Crippen molar-refractivity contribution in [3.05, 3.63) is 52.0 Å². The molecule has 2 aromatic carbocycles. The van der Waals surface area contributed by atoms with Gasteiger partial charge < -0.3 is 14.6 Å². The molecule has 0 saturated heterocycles. The van der Waals surface area contributed by atoms with Gasteiger partial charge in [0, 0.05) is 10.6 Å². The lowest BCUT2D eigenvalue weighted by Gasteiger charge is -2.24. The van der Waals surface area contributed by atoms with Crippen molar-refractivity contribution in [1.29, 1.82) is 0 Å². The van der Waals surface area contributed by atoms with Crippen molar-refractivity contribution < 1.29 is 19.4 Å². The molecule has 6 nitrogen and oxygen atoms in total. The van der Waals surface area contributed by atoms with Crippen LogP contribution in [0.4, 0.5) is 0 Å². The van der Waals surface area contributed by atoms with Crippen LogP contribution in [0.2, 0.25) is 10.0 Å². The lowest BCUT2D eigenvalue weighted by Crippen LogP contribution is -2.42. The molecule has 0 aromatic heterocycles. The SMILES string of the molecule is O=C(N/N=C/c1cc(Cl)cc(Cl)c1O)[C@H]1COc2ccccc2O1. The fraction of sp³-hybridized carbons (Fsp3) is 0.125. The summed E-state index contributed by atoms with van der Waals surface area (Å²) in [5, 5.41) is 14.0. The number of hydrazone groups is 1. The van der Waals surface area contributed by atoms with E-state index in [-0.39, 0.29) is 22.9 Å². The maximum atomic E-state index is 12.1. The van der Waals surface area contributed by atoms with Crippen LogP contribution in [0.5, 0.6) is 17.2 Å². The maximum absolute atomic E-state index is 12.1. The van der Waals surface area contributed by atoms with Gasteiger partial charge in [-0.1, -0.05) is 35.3 Å². The molecule has 24 heavy (non-hydrogen) atoms. The van der Waals surface area contributed by atoms with Crippen LogP contribution in [0, 0.1) is 0 Å². The minimum atomic E-state index is -0.825. The molecule has 0 saturated carbocycles. The molecule has 124 valence electrons. The molecule has 0 aliphatic carbocycles. The van der Waals surface area contributed by atoms with Crippen molar-refractivity contribution in [3.8, 4) is 17.2 Å². The molecule has 2 N–H and O–H groups in total. The molecule has 1 aliphatic heterocycles. The zero-order valence-electron chi connectivity index (χ0n) is 12.2. The highest BCUT2D eigenvalue weighted by Gasteiger charge is 2.27. The van der Waals surface area contributed by atoms with Crippen molar-refractivity contribution in [2.24, 2.45) is 5.10 Å². The van der Waals surface area contributed by atoms with Gasteiger partial charge in [-0.05, 0) is 24.3 Å². The van der Waals surface area contributed by atoms with Gasteiger partial charge in [-0.2, -0.15) is 5.10 Å². The summed E-state index contributed by atoms with van der Waals surface area (Å²) in [6.07, 6.45) is 0.413. The van der Waals surface area contributed by atoms with Crippen LogP contribution in [0.3, 0.4) is 0 Å². The van der Waals surface area contributed by atoms with Gasteiger partial charge in [0.25, 0.3) is 5.91 Å². The van der Waals surface area contributed by atoms with E-state index in [9.17, 15) is 9.90 Å². The fourth-order valence-electron chi connectivity index (χ4n) is 2.07. The number of nitrogens with one attached hydrogen (secondary N) is 1. The molecular weight excluding hydrogens is 355 g/mol. The van der Waals surface area contributed by atoms with E-state index in [0.717, 1.165) is 0 Å². The summed E-state index contributed by atoms with van der Waals surface area (Å²) < 4.78 is 11.0. The number of aromatic hydroxyl groups is 1. The molecular formula is C16H12Cl2N2O4. The third-order valence-electron chi connectivity index (χ3n) is 3.24. The highest BCUT2D eigenvalue weighted by atomic mass is 35.5. The molecule has 1 atom stereocenters. The molecule has 1 heterocycles. The van der Waals surface area contributed by atoms with Gasteiger partial charge in [-0.15, -0.1) is 0 Å². The highest BCUT2D eigenvalue weighted by molar-refractivity contribution is 6.36. The van der Waals surface area contributed by atoms with E-state index in [4.69, 9.17) is 32.7 Å². The minimum absolute atomic E-state index is 0.0760. The number of nitrogens with zero attached hydrogens (tertiary/aromatic N) is 1. The summed E-state index contributed by atoms with van der Waals surface area (Å²) in [6, 6.07) is 9.94. The molecule has 0 bridgehead atoms. The van der Waals surface area contributed by atoms with Crippen molar-refractivity contribution in [3.63, 3.8) is 0 Å². The summed E-state index contributed by atoms with van der Waals surface area (Å²) >= 11 is 11.7. The zero-order chi connectivity index (χ0) is 17.1. The van der Waals surface area contributed by atoms with Crippen molar-refractivity contribution in [2.75, 3.05) is 6.61 Å². The van der Waals surface area contributed by atoms with Gasteiger partial charge in [0.1, 0.15) is 12.4 Å². The number of ether oxygens (including phenoxy) is 2. The Morgan fingerprint density at radius 1 is 1.29 bits per heavy atom. The molecule has 0 unspecified atom stereocenters. The smallest absolute Gasteiger partial charge is 0.284 e. The summed E-state index contributed by atoms with van der Waals surface area (Å²) in [6.45, 7) is 0.0760. The number of fused-ring (bicyclic) bond motifs is 1. The summed E-state index contributed by atoms with van der Waals surface area (Å²) in [7, 11) is 0. The predicted octanol–water partition coefficient (Wildman–Crippen LogP) is 2.99. The summed E-state index contributed by atoms with van der Waals surface area (Å²) in [4.78, 5) is 12.1. The third kappa shape index (κ3) is 3.55. The van der Waals surface area contributed by atoms with Crippen LogP contribution in [0.1, 0.15) is 5.56 Å². The van der Waals surface area contributed by atoms with E-state index >= 15 is 0 Å². The number of amides is 1. The first-order valence-corrected chi connectivity index (χ1v) is 7.69. The molecule has 0 fully saturated rings. The van der Waals surface area contributed by atoms with E-state index in [1.165, 1.54) is 18.3 Å². The molecule has 0 spiro atoms. The number of benzene rings is 2. The lowest BCUT2D eigenvalue weighted by atomic mass is 10.2. The van der Waals surface area contributed by atoms with E-state index in [1.54, 1.807) is 18.2 Å². The zero-order valence-corrected chi connectivity index (χ0v) is 13.7. The van der Waals surface area contributed by atoms with Gasteiger partial charge in [-0.3, -0.25) is 4.79 Å². The van der Waals surface area contributed by atoms with Crippen LogP contribution in [-0.4, -0.2) is 29.9 Å². The molecule has 0 radical (unpaired) electrons. The second-order valence-corrected chi connectivity index (χ2v) is 5.77. The van der Waals surface area contributed by atoms with E-state index in [2.05, 4.69) is 10.5 Å². The van der Waals surface area contributed by atoms with Crippen molar-refractivity contribution >= 4 is 35.3 Å². The Morgan fingerprint density at radius 3 is 2.83 bits per heavy atom. The van der Waals surface area contributed by atoms with E-state index < -0.39 is 12.0 Å². The highest BCUT2D eigenvalue weighted by Crippen LogP contribution is 2.31. The minimum Gasteiger partial charge on any atom is -0.506 e. The molecule has 2 aromatic rings. The molecule has 3 rings (SSSR count). The van der Waals surface area contributed by atoms with E-state index in [1.807, 2.05) is 6.07 Å². The average molecular weight is 367 g/mol. The number of rotatable bonds is 3. The van der Waals surface area contributed by atoms with E-state index in [0.29, 0.717) is 16.5 Å². The molecule has 8 heteroatoms. The first-order valence-electron chi connectivity index (χ1n) is 6.94. The van der Waals surface area contributed by atoms with Gasteiger partial charge >= 0.3 is 0 Å². The summed E-state index contributed by atoms with van der Waals surface area (Å²) in [5.41, 5.74) is 2.60. The third-order valence-corrected chi connectivity index (χ3v) is 3.74. The van der Waals surface area contributed by atoms with Crippen LogP contribution in [-0.2, 0) is 4.79 Å². The summed E-state index contributed by atoms with van der Waals surface area (Å²) in [5.74, 6) is 0.425. The lowest BCUT2D eigenvalue weighted by molar-refractivity contribution is -0.130. The second-order valence-electron chi connectivity index (χ2n) is 4.92. The second kappa shape index (κ2) is 6.98. The van der Waals surface area contributed by atoms with Crippen LogP contribution in [0.25, 0.3) is 0 Å². The standard InChI is InChI=1S/C16H12Cl2N2O4/c17-10-5-9(15(21)11(18)6-10)7-19-20-16(22)14-8-23-12-3-1-2-4-13(12)24-14/h1-7,14,21H,8H2,(H,20,22)/b19-7+/t14-/m1/s1. The van der Waals surface area contributed by atoms with Crippen molar-refractivity contribution in [2.45, 2.75) is 6.10 Å². The normalized spacial score (nSPS) is 16.2. The van der Waals surface area contributed by atoms with Crippen molar-refractivity contribution in [1.82, 2.24) is 5.43 Å². The number of phenolic OH excluding ortho intramolecular Hbond substituents is 1. The predicted molar refractivity (Wildman–Crippen MR) is 90.2 cm³/mol. The van der Waals surface area contributed by atoms with Gasteiger partial charge in [0.2, 0.25) is 6.10 Å². The largest absolute Gasteiger partial charge is 0.506 e. The number of carbonyl (C=O) groups is 1. The molecule has 1 amide bonds. The Bertz CT molecular complexity index is 811. The average Bonchev–Trinajstić information content (AvgIpc) is 2.58. The van der Waals surface area contributed by atoms with Gasteiger partial charge in [0.05, 0.1) is 11.2 Å². The Morgan fingerprint density at radius 2 is 2.04 bits per heavy atom. The Kier molecular flexibility index (Phi) is 4.78. The Hall–Kier alpha value is -2.44. The molecule has 1 aliphatic rings. The number of halogens is 2.